The Balaban J connectivity index is 2.29. The van der Waals surface area contributed by atoms with Gasteiger partial charge in [0.15, 0.2) is 0 Å². The number of sulfonamides is 1. The summed E-state index contributed by atoms with van der Waals surface area (Å²) in [6.45, 7) is 8.31. The van der Waals surface area contributed by atoms with Gasteiger partial charge >= 0.3 is 0 Å². The van der Waals surface area contributed by atoms with E-state index in [2.05, 4.69) is 5.32 Å². The molecule has 0 unspecified atom stereocenters. The van der Waals surface area contributed by atoms with Crippen LogP contribution < -0.4 is 9.62 Å². The first-order valence-electron chi connectivity index (χ1n) is 12.5. The summed E-state index contributed by atoms with van der Waals surface area (Å²) in [5, 5.41) is 3.69. The summed E-state index contributed by atoms with van der Waals surface area (Å²) in [5.41, 5.74) is 3.01. The van der Waals surface area contributed by atoms with Gasteiger partial charge in [-0.1, -0.05) is 55.2 Å². The molecule has 10 heteroatoms. The largest absolute Gasteiger partial charge is 0.354 e. The van der Waals surface area contributed by atoms with Crippen molar-refractivity contribution in [1.82, 2.24) is 10.2 Å². The highest BCUT2D eigenvalue weighted by molar-refractivity contribution is 7.92. The SMILES string of the molecule is CCCNC(=O)[C@@H](CC)N(Cc1c(Cl)cccc1Cl)C(=O)CCCN(c1cccc(C)c1C)S(C)(=O)=O. The van der Waals surface area contributed by atoms with Crippen molar-refractivity contribution < 1.29 is 18.0 Å². The van der Waals surface area contributed by atoms with Gasteiger partial charge in [0.25, 0.3) is 0 Å². The summed E-state index contributed by atoms with van der Waals surface area (Å²) in [5.74, 6) is -0.516. The van der Waals surface area contributed by atoms with Gasteiger partial charge in [-0.15, -0.1) is 0 Å². The van der Waals surface area contributed by atoms with Crippen molar-refractivity contribution >= 4 is 50.7 Å². The van der Waals surface area contributed by atoms with Crippen LogP contribution in [-0.2, 0) is 26.2 Å². The minimum absolute atomic E-state index is 0.0521. The first-order valence-corrected chi connectivity index (χ1v) is 15.1. The lowest BCUT2D eigenvalue weighted by molar-refractivity contribution is -0.141. The summed E-state index contributed by atoms with van der Waals surface area (Å²) < 4.78 is 26.6. The van der Waals surface area contributed by atoms with Crippen molar-refractivity contribution in [3.05, 3.63) is 63.1 Å². The van der Waals surface area contributed by atoms with Crippen molar-refractivity contribution in [3.63, 3.8) is 0 Å². The molecular weight excluding hydrogens is 533 g/mol. The monoisotopic (exact) mass is 569 g/mol. The topological polar surface area (TPSA) is 86.8 Å². The molecule has 0 saturated heterocycles. The number of nitrogens with one attached hydrogen (secondary N) is 1. The first-order chi connectivity index (χ1) is 17.4. The molecule has 2 amide bonds. The number of carbonyl (C=O) groups is 2. The van der Waals surface area contributed by atoms with Gasteiger partial charge in [0.2, 0.25) is 21.8 Å². The van der Waals surface area contributed by atoms with Gasteiger partial charge in [0.1, 0.15) is 6.04 Å². The maximum atomic E-state index is 13.5. The number of hydrogen-bond donors (Lipinski definition) is 1. The Morgan fingerprint density at radius 1 is 1.03 bits per heavy atom. The zero-order valence-corrected chi connectivity index (χ0v) is 24.5. The highest BCUT2D eigenvalue weighted by Gasteiger charge is 2.30. The molecule has 0 radical (unpaired) electrons. The number of nitrogens with zero attached hydrogens (tertiary/aromatic N) is 2. The van der Waals surface area contributed by atoms with Crippen LogP contribution in [0, 0.1) is 13.8 Å². The van der Waals surface area contributed by atoms with E-state index in [1.807, 2.05) is 39.8 Å². The average Bonchev–Trinajstić information content (AvgIpc) is 2.83. The van der Waals surface area contributed by atoms with Crippen LogP contribution in [0.5, 0.6) is 0 Å². The number of aryl methyl sites for hydroxylation is 1. The molecule has 0 fully saturated rings. The van der Waals surface area contributed by atoms with E-state index in [9.17, 15) is 18.0 Å². The molecule has 2 rings (SSSR count). The van der Waals surface area contributed by atoms with Gasteiger partial charge in [-0.25, -0.2) is 8.42 Å². The molecule has 0 aromatic heterocycles. The van der Waals surface area contributed by atoms with Gasteiger partial charge in [0, 0.05) is 41.7 Å². The zero-order chi connectivity index (χ0) is 27.8. The van der Waals surface area contributed by atoms with E-state index >= 15 is 0 Å². The third kappa shape index (κ3) is 8.35. The molecule has 204 valence electrons. The van der Waals surface area contributed by atoms with Crippen LogP contribution in [-0.4, -0.2) is 50.5 Å². The van der Waals surface area contributed by atoms with Crippen molar-refractivity contribution in [2.45, 2.75) is 66.0 Å². The normalized spacial score (nSPS) is 12.2. The smallest absolute Gasteiger partial charge is 0.242 e. The van der Waals surface area contributed by atoms with Gasteiger partial charge in [-0.2, -0.15) is 0 Å². The van der Waals surface area contributed by atoms with Gasteiger partial charge < -0.3 is 10.2 Å². The summed E-state index contributed by atoms with van der Waals surface area (Å²) >= 11 is 12.8. The fraction of sp³-hybridized carbons (Fsp3) is 0.481. The molecule has 1 N–H and O–H groups in total. The third-order valence-corrected chi connectivity index (χ3v) is 8.21. The Morgan fingerprint density at radius 2 is 1.65 bits per heavy atom. The molecule has 7 nitrogen and oxygen atoms in total. The summed E-state index contributed by atoms with van der Waals surface area (Å²) in [7, 11) is -3.57. The number of benzene rings is 2. The fourth-order valence-corrected chi connectivity index (χ4v) is 5.66. The van der Waals surface area contributed by atoms with E-state index in [-0.39, 0.29) is 37.7 Å². The van der Waals surface area contributed by atoms with E-state index in [4.69, 9.17) is 23.2 Å². The predicted molar refractivity (Wildman–Crippen MR) is 152 cm³/mol. The van der Waals surface area contributed by atoms with Crippen molar-refractivity contribution in [3.8, 4) is 0 Å². The molecule has 1 atom stereocenters. The quantitative estimate of drug-likeness (QED) is 0.345. The maximum absolute atomic E-state index is 13.5. The Labute approximate surface area is 231 Å². The standard InChI is InChI=1S/C27H37Cl2N3O4S/c1-6-16-30-27(34)24(7-2)31(18-21-22(28)12-9-13-23(21)29)26(33)15-10-17-32(37(5,35)36)25-14-8-11-19(3)20(25)4/h8-9,11-14,24H,6-7,10,15-18H2,1-5H3,(H,30,34)/t24-/m1/s1. The van der Waals surface area contributed by atoms with Gasteiger partial charge in [-0.05, 0) is 62.4 Å². The highest BCUT2D eigenvalue weighted by atomic mass is 35.5. The number of amides is 2. The van der Waals surface area contributed by atoms with E-state index in [1.54, 1.807) is 24.3 Å². The lowest BCUT2D eigenvalue weighted by atomic mass is 10.1. The van der Waals surface area contributed by atoms with Crippen LogP contribution in [0.4, 0.5) is 5.69 Å². The summed E-state index contributed by atoms with van der Waals surface area (Å²) in [4.78, 5) is 28.0. The van der Waals surface area contributed by atoms with Crippen LogP contribution >= 0.6 is 23.2 Å². The first kappa shape index (κ1) is 30.9. The Kier molecular flexibility index (Phi) is 11.7. The molecule has 0 bridgehead atoms. The number of rotatable bonds is 13. The molecule has 0 spiro atoms. The number of anilines is 1. The second-order valence-corrected chi connectivity index (χ2v) is 11.8. The second-order valence-electron chi connectivity index (χ2n) is 9.09. The Morgan fingerprint density at radius 3 is 2.22 bits per heavy atom. The minimum atomic E-state index is -3.57. The van der Waals surface area contributed by atoms with Crippen LogP contribution in [0.25, 0.3) is 0 Å². The molecule has 2 aromatic rings. The highest BCUT2D eigenvalue weighted by Crippen LogP contribution is 2.28. The third-order valence-electron chi connectivity index (χ3n) is 6.32. The second kappa shape index (κ2) is 14.0. The Bertz CT molecular complexity index is 1180. The van der Waals surface area contributed by atoms with E-state index in [1.165, 1.54) is 9.21 Å². The van der Waals surface area contributed by atoms with E-state index < -0.39 is 16.1 Å². The number of carbonyl (C=O) groups excluding carboxylic acids is 2. The predicted octanol–water partition coefficient (Wildman–Crippen LogP) is 5.49. The van der Waals surface area contributed by atoms with Crippen molar-refractivity contribution in [2.75, 3.05) is 23.7 Å². The summed E-state index contributed by atoms with van der Waals surface area (Å²) in [6, 6.07) is 9.90. The summed E-state index contributed by atoms with van der Waals surface area (Å²) in [6.07, 6.45) is 2.66. The van der Waals surface area contributed by atoms with Crippen LogP contribution in [0.2, 0.25) is 10.0 Å². The lowest BCUT2D eigenvalue weighted by Crippen LogP contribution is -2.49. The van der Waals surface area contributed by atoms with Gasteiger partial charge in [-0.3, -0.25) is 13.9 Å². The molecule has 0 heterocycles. The molecule has 2 aromatic carbocycles. The molecule has 37 heavy (non-hydrogen) atoms. The molecule has 0 aliphatic rings. The molecule has 0 aliphatic carbocycles. The van der Waals surface area contributed by atoms with Crippen LogP contribution in [0.1, 0.15) is 56.2 Å². The van der Waals surface area contributed by atoms with Crippen LogP contribution in [0.3, 0.4) is 0 Å². The average molecular weight is 571 g/mol. The number of halogens is 2. The molecular formula is C27H37Cl2N3O4S. The zero-order valence-electron chi connectivity index (χ0n) is 22.2. The van der Waals surface area contributed by atoms with Crippen LogP contribution in [0.15, 0.2) is 36.4 Å². The van der Waals surface area contributed by atoms with Gasteiger partial charge in [0.05, 0.1) is 11.9 Å². The lowest BCUT2D eigenvalue weighted by Gasteiger charge is -2.31. The Hall–Kier alpha value is -2.29. The minimum Gasteiger partial charge on any atom is -0.354 e. The maximum Gasteiger partial charge on any atom is 0.242 e. The van der Waals surface area contributed by atoms with Crippen molar-refractivity contribution in [1.29, 1.82) is 0 Å². The fourth-order valence-electron chi connectivity index (χ4n) is 4.13. The molecule has 0 aliphatic heterocycles. The number of hydrogen-bond acceptors (Lipinski definition) is 4. The van der Waals surface area contributed by atoms with E-state index in [0.717, 1.165) is 23.8 Å². The van der Waals surface area contributed by atoms with E-state index in [0.29, 0.717) is 34.3 Å². The van der Waals surface area contributed by atoms with Crippen molar-refractivity contribution in [2.24, 2.45) is 0 Å². The molecule has 0 saturated carbocycles.